The molecule has 15 heavy (non-hydrogen) atoms. The minimum Gasteiger partial charge on any atom is -0.0537 e. The first kappa shape index (κ1) is 8.72. The van der Waals surface area contributed by atoms with Gasteiger partial charge in [-0.2, -0.15) is 0 Å². The molecule has 0 saturated heterocycles. The summed E-state index contributed by atoms with van der Waals surface area (Å²) in [6, 6.07) is 18.8. The Morgan fingerprint density at radius 2 is 1.33 bits per heavy atom. The van der Waals surface area contributed by atoms with Crippen LogP contribution in [-0.2, 0) is 5.41 Å². The van der Waals surface area contributed by atoms with Crippen molar-refractivity contribution in [2.75, 3.05) is 0 Å². The molecule has 3 rings (SSSR count). The van der Waals surface area contributed by atoms with Crippen LogP contribution in [0.1, 0.15) is 25.0 Å². The predicted molar refractivity (Wildman–Crippen MR) is 61.7 cm³/mol. The van der Waals surface area contributed by atoms with Crippen LogP contribution >= 0.6 is 0 Å². The first-order valence-corrected chi connectivity index (χ1v) is 5.23. The molecule has 0 fully saturated rings. The fraction of sp³-hybridized carbons (Fsp3) is 0.200. The van der Waals surface area contributed by atoms with Gasteiger partial charge in [0.25, 0.3) is 0 Å². The summed E-state index contributed by atoms with van der Waals surface area (Å²) in [6.45, 7) is 4.53. The quantitative estimate of drug-likeness (QED) is 0.598. The highest BCUT2D eigenvalue weighted by Gasteiger charge is 2.34. The normalized spacial score (nSPS) is 15.9. The molecule has 72 valence electrons. The summed E-state index contributed by atoms with van der Waals surface area (Å²) in [5.74, 6) is 0. The van der Waals surface area contributed by atoms with Crippen molar-refractivity contribution in [2.45, 2.75) is 19.3 Å². The summed E-state index contributed by atoms with van der Waals surface area (Å²) in [5, 5.41) is 0. The molecule has 0 atom stereocenters. The Hall–Kier alpha value is -1.56. The van der Waals surface area contributed by atoms with E-state index in [9.17, 15) is 0 Å². The van der Waals surface area contributed by atoms with E-state index in [0.29, 0.717) is 0 Å². The van der Waals surface area contributed by atoms with Crippen LogP contribution in [0.5, 0.6) is 0 Å². The smallest absolute Gasteiger partial charge is 0.0159 e. The lowest BCUT2D eigenvalue weighted by Gasteiger charge is -2.20. The zero-order valence-electron chi connectivity index (χ0n) is 8.96. The van der Waals surface area contributed by atoms with Gasteiger partial charge in [0, 0.05) is 5.41 Å². The molecule has 0 nitrogen and oxygen atoms in total. The van der Waals surface area contributed by atoms with Gasteiger partial charge in [-0.15, -0.1) is 0 Å². The van der Waals surface area contributed by atoms with Crippen LogP contribution in [0.2, 0.25) is 0 Å². The SMILES string of the molecule is CC1(C)c2c[c]ccc2-c2cc[c]cc21. The third-order valence-electron chi connectivity index (χ3n) is 3.36. The first-order chi connectivity index (χ1) is 7.21. The third-order valence-corrected chi connectivity index (χ3v) is 3.36. The summed E-state index contributed by atoms with van der Waals surface area (Å²) in [7, 11) is 0. The Morgan fingerprint density at radius 3 is 1.80 bits per heavy atom. The number of benzene rings is 2. The molecule has 1 aliphatic carbocycles. The largest absolute Gasteiger partial charge is 0.0537 e. The van der Waals surface area contributed by atoms with E-state index in [1.165, 1.54) is 22.3 Å². The van der Waals surface area contributed by atoms with Gasteiger partial charge in [0.2, 0.25) is 0 Å². The first-order valence-electron chi connectivity index (χ1n) is 5.23. The maximum Gasteiger partial charge on any atom is 0.0159 e. The van der Waals surface area contributed by atoms with E-state index >= 15 is 0 Å². The van der Waals surface area contributed by atoms with Crippen molar-refractivity contribution < 1.29 is 0 Å². The van der Waals surface area contributed by atoms with Crippen molar-refractivity contribution in [1.82, 2.24) is 0 Å². The lowest BCUT2D eigenvalue weighted by Crippen LogP contribution is -2.14. The molecule has 0 bridgehead atoms. The molecule has 2 aromatic rings. The van der Waals surface area contributed by atoms with Gasteiger partial charge >= 0.3 is 0 Å². The highest BCUT2D eigenvalue weighted by molar-refractivity contribution is 5.80. The van der Waals surface area contributed by atoms with Gasteiger partial charge in [0.1, 0.15) is 0 Å². The average Bonchev–Trinajstić information content (AvgIpc) is 2.51. The van der Waals surface area contributed by atoms with E-state index in [1.807, 2.05) is 12.1 Å². The maximum absolute atomic E-state index is 3.17. The molecule has 2 aromatic carbocycles. The summed E-state index contributed by atoms with van der Waals surface area (Å²) < 4.78 is 0. The standard InChI is InChI=1S/C15H12/c1-15(2)13-9-5-3-7-11(13)12-8-4-6-10-14(12)15/h3-4,7-10H,1-2H3. The van der Waals surface area contributed by atoms with E-state index < -0.39 is 0 Å². The number of rotatable bonds is 0. The lowest BCUT2D eigenvalue weighted by atomic mass is 9.82. The zero-order valence-corrected chi connectivity index (χ0v) is 8.96. The van der Waals surface area contributed by atoms with E-state index in [4.69, 9.17) is 0 Å². The summed E-state index contributed by atoms with van der Waals surface area (Å²) in [5.41, 5.74) is 5.55. The van der Waals surface area contributed by atoms with Crippen LogP contribution < -0.4 is 0 Å². The van der Waals surface area contributed by atoms with Gasteiger partial charge in [0.15, 0.2) is 0 Å². The second-order valence-corrected chi connectivity index (χ2v) is 4.57. The molecular weight excluding hydrogens is 180 g/mol. The molecule has 0 heterocycles. The number of hydrogen-bond acceptors (Lipinski definition) is 0. The van der Waals surface area contributed by atoms with Crippen molar-refractivity contribution in [2.24, 2.45) is 0 Å². The van der Waals surface area contributed by atoms with Crippen LogP contribution in [0.4, 0.5) is 0 Å². The molecule has 0 aliphatic heterocycles. The minimum absolute atomic E-state index is 0.0974. The molecule has 0 aromatic heterocycles. The minimum atomic E-state index is 0.0974. The highest BCUT2D eigenvalue weighted by Crippen LogP contribution is 2.47. The number of hydrogen-bond donors (Lipinski definition) is 0. The summed E-state index contributed by atoms with van der Waals surface area (Å²) >= 11 is 0. The molecule has 0 N–H and O–H groups in total. The van der Waals surface area contributed by atoms with Gasteiger partial charge in [0.05, 0.1) is 0 Å². The Labute approximate surface area is 90.6 Å². The molecule has 0 spiro atoms. The molecular formula is C15H12. The van der Waals surface area contributed by atoms with E-state index in [0.717, 1.165) is 0 Å². The molecule has 2 radical (unpaired) electrons. The monoisotopic (exact) mass is 192 g/mol. The van der Waals surface area contributed by atoms with Gasteiger partial charge in [-0.1, -0.05) is 38.1 Å². The zero-order chi connectivity index (χ0) is 10.5. The van der Waals surface area contributed by atoms with Crippen molar-refractivity contribution >= 4 is 0 Å². The van der Waals surface area contributed by atoms with Crippen LogP contribution in [0, 0.1) is 12.1 Å². The van der Waals surface area contributed by atoms with Gasteiger partial charge < -0.3 is 0 Å². The lowest BCUT2D eigenvalue weighted by molar-refractivity contribution is 0.660. The fourth-order valence-electron chi connectivity index (χ4n) is 2.51. The van der Waals surface area contributed by atoms with Crippen molar-refractivity contribution in [1.29, 1.82) is 0 Å². The average molecular weight is 192 g/mol. The third kappa shape index (κ3) is 1.02. The van der Waals surface area contributed by atoms with Crippen LogP contribution in [0.25, 0.3) is 11.1 Å². The molecule has 0 amide bonds. The van der Waals surface area contributed by atoms with Crippen molar-refractivity contribution in [3.63, 3.8) is 0 Å². The van der Waals surface area contributed by atoms with Crippen molar-refractivity contribution in [3.8, 4) is 11.1 Å². The Bertz CT molecular complexity index is 474. The Kier molecular flexibility index (Phi) is 1.59. The fourth-order valence-corrected chi connectivity index (χ4v) is 2.51. The van der Waals surface area contributed by atoms with Gasteiger partial charge in [-0.25, -0.2) is 0 Å². The number of fused-ring (bicyclic) bond motifs is 3. The topological polar surface area (TPSA) is 0 Å². The van der Waals surface area contributed by atoms with E-state index in [2.05, 4.69) is 50.2 Å². The maximum atomic E-state index is 3.17. The molecule has 0 saturated carbocycles. The van der Waals surface area contributed by atoms with E-state index in [1.54, 1.807) is 0 Å². The summed E-state index contributed by atoms with van der Waals surface area (Å²) in [4.78, 5) is 0. The van der Waals surface area contributed by atoms with Gasteiger partial charge in [-0.05, 0) is 46.5 Å². The Morgan fingerprint density at radius 1 is 0.867 bits per heavy atom. The van der Waals surface area contributed by atoms with Gasteiger partial charge in [-0.3, -0.25) is 0 Å². The molecule has 0 unspecified atom stereocenters. The molecule has 0 heteroatoms. The van der Waals surface area contributed by atoms with E-state index in [-0.39, 0.29) is 5.41 Å². The van der Waals surface area contributed by atoms with Crippen molar-refractivity contribution in [3.05, 3.63) is 59.7 Å². The highest BCUT2D eigenvalue weighted by atomic mass is 14.4. The molecule has 1 aliphatic rings. The predicted octanol–water partition coefficient (Wildman–Crippen LogP) is 3.59. The second kappa shape index (κ2) is 2.73. The van der Waals surface area contributed by atoms with Crippen LogP contribution in [0.3, 0.4) is 0 Å². The Balaban J connectivity index is 2.42. The van der Waals surface area contributed by atoms with Crippen LogP contribution in [-0.4, -0.2) is 0 Å². The van der Waals surface area contributed by atoms with Crippen LogP contribution in [0.15, 0.2) is 36.4 Å². The second-order valence-electron chi connectivity index (χ2n) is 4.57. The summed E-state index contributed by atoms with van der Waals surface area (Å²) in [6.07, 6.45) is 0.